The second-order valence-electron chi connectivity index (χ2n) is 3.89. The van der Waals surface area contributed by atoms with E-state index in [0.717, 1.165) is 5.56 Å². The van der Waals surface area contributed by atoms with Gasteiger partial charge in [-0.2, -0.15) is 15.0 Å². The lowest BCUT2D eigenvalue weighted by Crippen LogP contribution is -2.18. The first kappa shape index (κ1) is 16.5. The zero-order valence-corrected chi connectivity index (χ0v) is 13.7. The van der Waals surface area contributed by atoms with E-state index in [9.17, 15) is 0 Å². The number of hydrogen-bond donors (Lipinski definition) is 0. The molecule has 0 saturated heterocycles. The summed E-state index contributed by atoms with van der Waals surface area (Å²) in [6, 6.07) is 5.12. The summed E-state index contributed by atoms with van der Waals surface area (Å²) in [4.78, 5) is 11.2. The van der Waals surface area contributed by atoms with Crippen LogP contribution < -0.4 is 4.74 Å². The second-order valence-corrected chi connectivity index (χ2v) is 5.41. The quantitative estimate of drug-likeness (QED) is 0.730. The number of benzene rings is 1. The monoisotopic (exact) mass is 367 g/mol. The molecule has 2 aromatic rings. The van der Waals surface area contributed by atoms with Gasteiger partial charge in [0, 0.05) is 10.0 Å². The fraction of sp³-hybridized carbons (Fsp3) is 0.250. The maximum atomic E-state index is 6.04. The molecule has 21 heavy (non-hydrogen) atoms. The fourth-order valence-corrected chi connectivity index (χ4v) is 2.20. The molecule has 9 heteroatoms. The largest absolute Gasteiger partial charge is 0.434 e. The summed E-state index contributed by atoms with van der Waals surface area (Å²) in [5, 5.41) is 0.958. The van der Waals surface area contributed by atoms with Crippen molar-refractivity contribution in [3.8, 4) is 6.01 Å². The second kappa shape index (κ2) is 7.42. The van der Waals surface area contributed by atoms with E-state index in [2.05, 4.69) is 15.0 Å². The highest BCUT2D eigenvalue weighted by atomic mass is 35.5. The van der Waals surface area contributed by atoms with Crippen molar-refractivity contribution < 1.29 is 9.47 Å². The standard InChI is InChI=1S/C12H9Cl4N3O2/c1-6(21-12-18-10(15)17-11(16)19-12)20-5-7-2-3-8(13)4-9(7)14/h2-4,6H,5H2,1H3. The SMILES string of the molecule is CC(OCc1ccc(Cl)cc1Cl)Oc1nc(Cl)nc(Cl)n1. The number of ether oxygens (including phenoxy) is 2. The molecule has 2 rings (SSSR count). The van der Waals surface area contributed by atoms with Crippen LogP contribution in [-0.2, 0) is 11.3 Å². The van der Waals surface area contributed by atoms with E-state index >= 15 is 0 Å². The fourth-order valence-electron chi connectivity index (χ4n) is 1.39. The molecule has 1 unspecified atom stereocenters. The Balaban J connectivity index is 1.94. The van der Waals surface area contributed by atoms with Crippen LogP contribution in [0.25, 0.3) is 0 Å². The normalized spacial score (nSPS) is 12.2. The van der Waals surface area contributed by atoms with Gasteiger partial charge < -0.3 is 9.47 Å². The summed E-state index contributed by atoms with van der Waals surface area (Å²) in [5.41, 5.74) is 0.781. The number of hydrogen-bond acceptors (Lipinski definition) is 5. The molecule has 0 aliphatic rings. The maximum Gasteiger partial charge on any atom is 0.324 e. The van der Waals surface area contributed by atoms with Crippen LogP contribution in [0.3, 0.4) is 0 Å². The summed E-state index contributed by atoms with van der Waals surface area (Å²) in [6.07, 6.45) is -0.633. The minimum Gasteiger partial charge on any atom is -0.434 e. The molecule has 0 aliphatic carbocycles. The van der Waals surface area contributed by atoms with Crippen molar-refractivity contribution in [1.82, 2.24) is 15.0 Å². The molecule has 112 valence electrons. The van der Waals surface area contributed by atoms with Gasteiger partial charge in [0.25, 0.3) is 0 Å². The Hall–Kier alpha value is -0.850. The summed E-state index contributed by atoms with van der Waals surface area (Å²) >= 11 is 23.2. The number of rotatable bonds is 5. The molecular weight excluding hydrogens is 360 g/mol. The third-order valence-electron chi connectivity index (χ3n) is 2.32. The molecule has 0 amide bonds. The van der Waals surface area contributed by atoms with E-state index < -0.39 is 6.29 Å². The minimum atomic E-state index is -0.633. The molecule has 0 bridgehead atoms. The van der Waals surface area contributed by atoms with Crippen LogP contribution in [0.2, 0.25) is 20.6 Å². The zero-order chi connectivity index (χ0) is 15.4. The zero-order valence-electron chi connectivity index (χ0n) is 10.7. The highest BCUT2D eigenvalue weighted by Gasteiger charge is 2.11. The van der Waals surface area contributed by atoms with Crippen molar-refractivity contribution in [3.05, 3.63) is 44.4 Å². The van der Waals surface area contributed by atoms with Crippen molar-refractivity contribution in [3.63, 3.8) is 0 Å². The third-order valence-corrected chi connectivity index (χ3v) is 3.25. The first-order chi connectivity index (χ1) is 9.94. The Morgan fingerprint density at radius 1 is 1.05 bits per heavy atom. The predicted octanol–water partition coefficient (Wildman–Crippen LogP) is 4.43. The molecule has 5 nitrogen and oxygen atoms in total. The highest BCUT2D eigenvalue weighted by molar-refractivity contribution is 6.35. The van der Waals surface area contributed by atoms with Crippen LogP contribution in [0.15, 0.2) is 18.2 Å². The summed E-state index contributed by atoms with van der Waals surface area (Å²) in [6.45, 7) is 1.92. The summed E-state index contributed by atoms with van der Waals surface area (Å²) < 4.78 is 10.8. The predicted molar refractivity (Wildman–Crippen MR) is 81.2 cm³/mol. The lowest BCUT2D eigenvalue weighted by Gasteiger charge is -2.14. The highest BCUT2D eigenvalue weighted by Crippen LogP contribution is 2.22. The van der Waals surface area contributed by atoms with E-state index in [1.165, 1.54) is 0 Å². The van der Waals surface area contributed by atoms with Crippen LogP contribution in [-0.4, -0.2) is 21.2 Å². The van der Waals surface area contributed by atoms with Gasteiger partial charge in [-0.15, -0.1) is 0 Å². The van der Waals surface area contributed by atoms with Gasteiger partial charge in [-0.1, -0.05) is 29.3 Å². The maximum absolute atomic E-state index is 6.04. The smallest absolute Gasteiger partial charge is 0.324 e. The van der Waals surface area contributed by atoms with Crippen molar-refractivity contribution >= 4 is 46.4 Å². The van der Waals surface area contributed by atoms with E-state index in [1.807, 2.05) is 0 Å². The Morgan fingerprint density at radius 2 is 1.71 bits per heavy atom. The Kier molecular flexibility index (Phi) is 5.84. The number of nitrogens with zero attached hydrogens (tertiary/aromatic N) is 3. The third kappa shape index (κ3) is 5.13. The first-order valence-corrected chi connectivity index (χ1v) is 7.24. The Morgan fingerprint density at radius 3 is 2.33 bits per heavy atom. The van der Waals surface area contributed by atoms with Crippen molar-refractivity contribution in [1.29, 1.82) is 0 Å². The minimum absolute atomic E-state index is 0.0188. The van der Waals surface area contributed by atoms with Gasteiger partial charge in [0.2, 0.25) is 16.9 Å². The molecular formula is C12H9Cl4N3O2. The Bertz CT molecular complexity index is 622. The Labute approximate surface area is 141 Å². The van der Waals surface area contributed by atoms with E-state index in [4.69, 9.17) is 55.9 Å². The van der Waals surface area contributed by atoms with Gasteiger partial charge in [0.15, 0.2) is 0 Å². The van der Waals surface area contributed by atoms with Crippen LogP contribution in [0.1, 0.15) is 12.5 Å². The topological polar surface area (TPSA) is 57.1 Å². The van der Waals surface area contributed by atoms with Gasteiger partial charge in [-0.25, -0.2) is 0 Å². The van der Waals surface area contributed by atoms with Crippen molar-refractivity contribution in [2.75, 3.05) is 0 Å². The van der Waals surface area contributed by atoms with E-state index in [1.54, 1.807) is 25.1 Å². The lowest BCUT2D eigenvalue weighted by atomic mass is 10.2. The van der Waals surface area contributed by atoms with Gasteiger partial charge in [0.1, 0.15) is 0 Å². The van der Waals surface area contributed by atoms with Gasteiger partial charge in [-0.05, 0) is 47.8 Å². The van der Waals surface area contributed by atoms with Crippen molar-refractivity contribution in [2.45, 2.75) is 19.8 Å². The van der Waals surface area contributed by atoms with E-state index in [0.29, 0.717) is 10.0 Å². The molecule has 1 aromatic carbocycles. The number of aromatic nitrogens is 3. The summed E-state index contributed by atoms with van der Waals surface area (Å²) in [7, 11) is 0. The summed E-state index contributed by atoms with van der Waals surface area (Å²) in [5.74, 6) is 0. The molecule has 1 atom stereocenters. The average molecular weight is 369 g/mol. The van der Waals surface area contributed by atoms with Crippen LogP contribution in [0.4, 0.5) is 0 Å². The molecule has 0 spiro atoms. The molecule has 0 aliphatic heterocycles. The van der Waals surface area contributed by atoms with Gasteiger partial charge in [0.05, 0.1) is 6.61 Å². The number of halogens is 4. The van der Waals surface area contributed by atoms with Crippen molar-refractivity contribution in [2.24, 2.45) is 0 Å². The van der Waals surface area contributed by atoms with Gasteiger partial charge in [-0.3, -0.25) is 0 Å². The van der Waals surface area contributed by atoms with Gasteiger partial charge >= 0.3 is 6.01 Å². The van der Waals surface area contributed by atoms with E-state index in [-0.39, 0.29) is 23.2 Å². The van der Waals surface area contributed by atoms with Crippen LogP contribution >= 0.6 is 46.4 Å². The molecule has 0 N–H and O–H groups in total. The lowest BCUT2D eigenvalue weighted by molar-refractivity contribution is -0.0804. The molecule has 1 heterocycles. The molecule has 0 fully saturated rings. The molecule has 0 saturated carbocycles. The van der Waals surface area contributed by atoms with Crippen LogP contribution in [0.5, 0.6) is 6.01 Å². The average Bonchev–Trinajstić information content (AvgIpc) is 2.36. The molecule has 0 radical (unpaired) electrons. The van der Waals surface area contributed by atoms with Crippen LogP contribution in [0, 0.1) is 0 Å². The molecule has 1 aromatic heterocycles. The first-order valence-electron chi connectivity index (χ1n) is 5.73.